The first-order valence-corrected chi connectivity index (χ1v) is 41.7. The number of ether oxygens (including phenoxy) is 4. The van der Waals surface area contributed by atoms with Gasteiger partial charge in [-0.2, -0.15) is 0 Å². The second kappa shape index (κ2) is 66.1. The molecule has 0 bridgehead atoms. The van der Waals surface area contributed by atoms with E-state index in [4.69, 9.17) is 37.0 Å². The van der Waals surface area contributed by atoms with Gasteiger partial charge in [0.1, 0.15) is 19.3 Å². The van der Waals surface area contributed by atoms with Gasteiger partial charge in [0, 0.05) is 25.7 Å². The van der Waals surface area contributed by atoms with Crippen molar-refractivity contribution in [1.29, 1.82) is 0 Å². The maximum atomic E-state index is 13.1. The van der Waals surface area contributed by atoms with Crippen molar-refractivity contribution in [3.8, 4) is 0 Å². The van der Waals surface area contributed by atoms with Gasteiger partial charge in [-0.25, -0.2) is 9.13 Å². The van der Waals surface area contributed by atoms with Gasteiger partial charge in [0.2, 0.25) is 0 Å². The second-order valence-corrected chi connectivity index (χ2v) is 31.0. The molecule has 0 heterocycles. The predicted molar refractivity (Wildman–Crippen MR) is 386 cm³/mol. The zero-order valence-electron chi connectivity index (χ0n) is 61.6. The molecule has 0 radical (unpaired) electrons. The van der Waals surface area contributed by atoms with Crippen LogP contribution in [0.1, 0.15) is 363 Å². The molecule has 0 rings (SSSR count). The molecule has 0 aliphatic carbocycles. The number of hydrogen-bond acceptors (Lipinski definition) is 15. The standard InChI is InChI=1S/C76H144O17P2/c1-8-9-10-11-12-13-14-15-17-21-24-29-37-45-52-59-75(80)92-71(63-86-73(78)57-50-43-36-31-26-28-34-41-48-55-68(4)5)65-90-94(82,83)88-61-70(77)62-89-95(84,85)91-66-72(64-87-74(79)58-51-44-39-32-35-42-49-56-69(6)7)93-76(81)60-53-46-38-30-25-22-19-16-18-20-23-27-33-40-47-54-67(2)3/h13-15,17,67-72,77H,8-12,16,18-66H2,1-7H3,(H,82,83)(H,84,85)/b14-13-,17-15-/t70?,71-,72-/m1/s1. The van der Waals surface area contributed by atoms with Gasteiger partial charge in [0.05, 0.1) is 26.4 Å². The Labute approximate surface area is 580 Å². The molecule has 0 aromatic heterocycles. The maximum Gasteiger partial charge on any atom is 0.472 e. The molecule has 3 N–H and O–H groups in total. The molecule has 0 aliphatic rings. The fraction of sp³-hybridized carbons (Fsp3) is 0.895. The zero-order valence-corrected chi connectivity index (χ0v) is 63.4. The van der Waals surface area contributed by atoms with Crippen molar-refractivity contribution in [2.24, 2.45) is 17.8 Å². The Bertz CT molecular complexity index is 1950. The largest absolute Gasteiger partial charge is 0.472 e. The second-order valence-electron chi connectivity index (χ2n) is 28.1. The van der Waals surface area contributed by atoms with E-state index < -0.39 is 97.5 Å². The van der Waals surface area contributed by atoms with Gasteiger partial charge < -0.3 is 33.8 Å². The van der Waals surface area contributed by atoms with Crippen molar-refractivity contribution in [3.63, 3.8) is 0 Å². The minimum atomic E-state index is -4.96. The summed E-state index contributed by atoms with van der Waals surface area (Å²) in [4.78, 5) is 72.8. The summed E-state index contributed by atoms with van der Waals surface area (Å²) >= 11 is 0. The van der Waals surface area contributed by atoms with Crippen molar-refractivity contribution in [1.82, 2.24) is 0 Å². The van der Waals surface area contributed by atoms with E-state index in [2.05, 4.69) is 72.8 Å². The number of aliphatic hydroxyl groups is 1. The first kappa shape index (κ1) is 92.5. The summed E-state index contributed by atoms with van der Waals surface area (Å²) in [6.07, 6.45) is 55.0. The highest BCUT2D eigenvalue weighted by Gasteiger charge is 2.30. The number of phosphoric acid groups is 2. The fourth-order valence-electron chi connectivity index (χ4n) is 11.1. The lowest BCUT2D eigenvalue weighted by Gasteiger charge is -2.21. The number of hydrogen-bond donors (Lipinski definition) is 3. The Hall–Kier alpha value is -2.46. The van der Waals surface area contributed by atoms with Crippen molar-refractivity contribution in [3.05, 3.63) is 24.3 Å². The Morgan fingerprint density at radius 3 is 0.853 bits per heavy atom. The number of carbonyl (C=O) groups excluding carboxylic acids is 4. The van der Waals surface area contributed by atoms with Crippen LogP contribution in [-0.2, 0) is 65.4 Å². The van der Waals surface area contributed by atoms with Gasteiger partial charge in [-0.3, -0.25) is 37.3 Å². The minimum Gasteiger partial charge on any atom is -0.462 e. The van der Waals surface area contributed by atoms with E-state index in [1.165, 1.54) is 154 Å². The molecule has 0 aliphatic heterocycles. The number of aliphatic hydroxyl groups excluding tert-OH is 1. The number of phosphoric ester groups is 2. The van der Waals surface area contributed by atoms with Crippen LogP contribution in [0.15, 0.2) is 24.3 Å². The first-order valence-electron chi connectivity index (χ1n) is 38.7. The van der Waals surface area contributed by atoms with Crippen LogP contribution in [0.25, 0.3) is 0 Å². The highest BCUT2D eigenvalue weighted by Crippen LogP contribution is 2.45. The van der Waals surface area contributed by atoms with Crippen LogP contribution < -0.4 is 0 Å². The topological polar surface area (TPSA) is 237 Å². The third-order valence-electron chi connectivity index (χ3n) is 17.0. The molecule has 0 amide bonds. The lowest BCUT2D eigenvalue weighted by atomic mass is 10.0. The van der Waals surface area contributed by atoms with Crippen LogP contribution in [0.3, 0.4) is 0 Å². The monoisotopic (exact) mass is 1390 g/mol. The quantitative estimate of drug-likeness (QED) is 0.0169. The van der Waals surface area contributed by atoms with Crippen molar-refractivity contribution in [2.75, 3.05) is 39.6 Å². The molecule has 560 valence electrons. The Kier molecular flexibility index (Phi) is 64.4. The molecule has 95 heavy (non-hydrogen) atoms. The van der Waals surface area contributed by atoms with E-state index in [0.29, 0.717) is 31.6 Å². The third-order valence-corrected chi connectivity index (χ3v) is 18.9. The highest BCUT2D eigenvalue weighted by atomic mass is 31.2. The molecule has 19 heteroatoms. The van der Waals surface area contributed by atoms with Gasteiger partial charge in [0.25, 0.3) is 0 Å². The summed E-state index contributed by atoms with van der Waals surface area (Å²) < 4.78 is 68.5. The predicted octanol–water partition coefficient (Wildman–Crippen LogP) is 21.7. The average Bonchev–Trinajstić information content (AvgIpc) is 1.19. The molecule has 5 atom stereocenters. The maximum absolute atomic E-state index is 13.1. The van der Waals surface area contributed by atoms with Gasteiger partial charge in [-0.15, -0.1) is 0 Å². The summed E-state index contributed by atoms with van der Waals surface area (Å²) in [6, 6.07) is 0. The molecule has 0 saturated heterocycles. The van der Waals surface area contributed by atoms with Gasteiger partial charge in [0.15, 0.2) is 12.2 Å². The molecule has 0 fully saturated rings. The molecule has 0 aromatic rings. The Morgan fingerprint density at radius 2 is 0.568 bits per heavy atom. The number of esters is 4. The van der Waals surface area contributed by atoms with Crippen LogP contribution in [0, 0.1) is 17.8 Å². The van der Waals surface area contributed by atoms with Crippen molar-refractivity contribution >= 4 is 39.5 Å². The highest BCUT2D eigenvalue weighted by molar-refractivity contribution is 7.47. The summed E-state index contributed by atoms with van der Waals surface area (Å²) in [5, 5.41) is 10.6. The Balaban J connectivity index is 5.27. The van der Waals surface area contributed by atoms with E-state index in [1.54, 1.807) is 0 Å². The van der Waals surface area contributed by atoms with Crippen LogP contribution in [0.2, 0.25) is 0 Å². The number of allylic oxidation sites excluding steroid dienone is 4. The lowest BCUT2D eigenvalue weighted by molar-refractivity contribution is -0.161. The average molecular weight is 1390 g/mol. The van der Waals surface area contributed by atoms with Crippen molar-refractivity contribution < 1.29 is 80.2 Å². The van der Waals surface area contributed by atoms with E-state index in [0.717, 1.165) is 121 Å². The molecule has 0 spiro atoms. The number of unbranched alkanes of at least 4 members (excludes halogenated alkanes) is 37. The van der Waals surface area contributed by atoms with E-state index in [-0.39, 0.29) is 25.7 Å². The minimum absolute atomic E-state index is 0.0843. The van der Waals surface area contributed by atoms with Crippen LogP contribution in [0.4, 0.5) is 0 Å². The van der Waals surface area contributed by atoms with Crippen LogP contribution >= 0.6 is 15.6 Å². The summed E-state index contributed by atoms with van der Waals surface area (Å²) in [5.74, 6) is 0.0958. The fourth-order valence-corrected chi connectivity index (χ4v) is 12.6. The number of carbonyl (C=O) groups is 4. The smallest absolute Gasteiger partial charge is 0.462 e. The van der Waals surface area contributed by atoms with E-state index in [1.807, 2.05) is 0 Å². The molecular formula is C76H144O17P2. The molecular weight excluding hydrogens is 1250 g/mol. The van der Waals surface area contributed by atoms with Crippen LogP contribution in [0.5, 0.6) is 0 Å². The third kappa shape index (κ3) is 69.8. The molecule has 3 unspecified atom stereocenters. The summed E-state index contributed by atoms with van der Waals surface area (Å²) in [6.45, 7) is 11.8. The van der Waals surface area contributed by atoms with E-state index in [9.17, 15) is 43.2 Å². The van der Waals surface area contributed by atoms with Gasteiger partial charge in [-0.05, 0) is 69.1 Å². The normalized spacial score (nSPS) is 14.2. The molecule has 0 saturated carbocycles. The van der Waals surface area contributed by atoms with E-state index >= 15 is 0 Å². The first-order chi connectivity index (χ1) is 45.7. The van der Waals surface area contributed by atoms with Gasteiger partial charge in [-0.1, -0.05) is 310 Å². The lowest BCUT2D eigenvalue weighted by Crippen LogP contribution is -2.30. The SMILES string of the molecule is CCCCCC/C=C\C=C/CCCCCCCC(=O)O[C@H](COC(=O)CCCCCCCCCCCC(C)C)COP(=O)(O)OCC(O)COP(=O)(O)OC[C@@H](COC(=O)CCCCCCCCCC(C)C)OC(=O)CCCCCCCCCCCCCCCCCC(C)C. The number of rotatable bonds is 72. The summed E-state index contributed by atoms with van der Waals surface area (Å²) in [5.41, 5.74) is 0. The summed E-state index contributed by atoms with van der Waals surface area (Å²) in [7, 11) is -9.92. The van der Waals surface area contributed by atoms with Gasteiger partial charge >= 0.3 is 39.5 Å². The van der Waals surface area contributed by atoms with Crippen LogP contribution in [-0.4, -0.2) is 96.7 Å². The Morgan fingerprint density at radius 1 is 0.326 bits per heavy atom. The molecule has 17 nitrogen and oxygen atoms in total. The van der Waals surface area contributed by atoms with Crippen molar-refractivity contribution in [2.45, 2.75) is 381 Å². The zero-order chi connectivity index (χ0) is 70.1. The molecule has 0 aromatic carbocycles.